The van der Waals surface area contributed by atoms with Crippen LogP contribution in [0.1, 0.15) is 11.1 Å². The quantitative estimate of drug-likeness (QED) is 0.624. The Bertz CT molecular complexity index is 268. The molecule has 0 unspecified atom stereocenters. The number of hydrogen-bond acceptors (Lipinski definition) is 1. The van der Waals surface area contributed by atoms with E-state index in [1.807, 2.05) is 13.8 Å². The number of nitrogen functional groups attached to an aromatic ring is 1. The minimum absolute atomic E-state index is 0.623. The van der Waals surface area contributed by atoms with Crippen LogP contribution in [0.4, 0.5) is 5.69 Å². The maximum atomic E-state index is 5.92. The molecule has 0 saturated carbocycles. The fourth-order valence-electron chi connectivity index (χ4n) is 0.866. The molecule has 3 heteroatoms. The lowest BCUT2D eigenvalue weighted by atomic mass is 10.1. The summed E-state index contributed by atoms with van der Waals surface area (Å²) in [6.45, 7) is 3.75. The Morgan fingerprint density at radius 3 is 2.27 bits per heavy atom. The van der Waals surface area contributed by atoms with E-state index in [9.17, 15) is 0 Å². The van der Waals surface area contributed by atoms with Gasteiger partial charge in [-0.2, -0.15) is 0 Å². The monoisotopic (exact) mass is 189 g/mol. The van der Waals surface area contributed by atoms with Crippen LogP contribution in [0, 0.1) is 13.8 Å². The van der Waals surface area contributed by atoms with Gasteiger partial charge in [0, 0.05) is 15.7 Å². The van der Waals surface area contributed by atoms with Gasteiger partial charge < -0.3 is 5.73 Å². The zero-order valence-corrected chi connectivity index (χ0v) is 7.92. The molecule has 1 aromatic rings. The summed E-state index contributed by atoms with van der Waals surface area (Å²) in [5.74, 6) is 0. The van der Waals surface area contributed by atoms with Crippen molar-refractivity contribution in [2.75, 3.05) is 5.73 Å². The normalized spacial score (nSPS) is 10.2. The van der Waals surface area contributed by atoms with Crippen LogP contribution in [0.5, 0.6) is 0 Å². The van der Waals surface area contributed by atoms with Gasteiger partial charge >= 0.3 is 0 Å². The van der Waals surface area contributed by atoms with Gasteiger partial charge in [-0.3, -0.25) is 0 Å². The van der Waals surface area contributed by atoms with E-state index < -0.39 is 0 Å². The van der Waals surface area contributed by atoms with Gasteiger partial charge in [-0.15, -0.1) is 0 Å². The van der Waals surface area contributed by atoms with Crippen molar-refractivity contribution in [1.29, 1.82) is 0 Å². The third-order valence-corrected chi connectivity index (χ3v) is 2.69. The van der Waals surface area contributed by atoms with Crippen LogP contribution in [0.3, 0.4) is 0 Å². The summed E-state index contributed by atoms with van der Waals surface area (Å²) >= 11 is 11.8. The highest BCUT2D eigenvalue weighted by atomic mass is 35.5. The molecule has 1 aromatic carbocycles. The lowest BCUT2D eigenvalue weighted by molar-refractivity contribution is 1.39. The molecule has 60 valence electrons. The second-order valence-electron chi connectivity index (χ2n) is 2.51. The van der Waals surface area contributed by atoms with E-state index in [4.69, 9.17) is 28.9 Å². The summed E-state index contributed by atoms with van der Waals surface area (Å²) in [6.07, 6.45) is 0. The van der Waals surface area contributed by atoms with Crippen molar-refractivity contribution >= 4 is 28.9 Å². The molecule has 0 aliphatic rings. The van der Waals surface area contributed by atoms with Crippen molar-refractivity contribution in [3.63, 3.8) is 0 Å². The molecule has 0 aliphatic heterocycles. The maximum absolute atomic E-state index is 5.92. The van der Waals surface area contributed by atoms with Crippen molar-refractivity contribution in [3.8, 4) is 0 Å². The van der Waals surface area contributed by atoms with E-state index in [0.717, 1.165) is 11.1 Å². The standard InChI is InChI=1S/C8H9Cl2N/c1-4-6(9)3-7(11)5(2)8(4)10/h3H,11H2,1-2H3. The first-order chi connectivity index (χ1) is 5.04. The van der Waals surface area contributed by atoms with Crippen LogP contribution in [0.25, 0.3) is 0 Å². The van der Waals surface area contributed by atoms with Crippen molar-refractivity contribution in [3.05, 3.63) is 27.2 Å². The van der Waals surface area contributed by atoms with Crippen LogP contribution in [-0.4, -0.2) is 0 Å². The van der Waals surface area contributed by atoms with Crippen LogP contribution in [0.2, 0.25) is 10.0 Å². The van der Waals surface area contributed by atoms with E-state index in [1.165, 1.54) is 0 Å². The molecule has 0 aliphatic carbocycles. The Morgan fingerprint density at radius 2 is 1.73 bits per heavy atom. The van der Waals surface area contributed by atoms with Crippen molar-refractivity contribution < 1.29 is 0 Å². The third kappa shape index (κ3) is 1.44. The molecule has 1 nitrogen and oxygen atoms in total. The third-order valence-electron chi connectivity index (χ3n) is 1.73. The first-order valence-corrected chi connectivity index (χ1v) is 4.00. The highest BCUT2D eigenvalue weighted by Gasteiger charge is 2.06. The molecule has 0 bridgehead atoms. The van der Waals surface area contributed by atoms with E-state index in [0.29, 0.717) is 15.7 Å². The SMILES string of the molecule is Cc1c(N)cc(Cl)c(C)c1Cl. The molecule has 0 heterocycles. The number of anilines is 1. The molecular weight excluding hydrogens is 181 g/mol. The highest BCUT2D eigenvalue weighted by molar-refractivity contribution is 6.36. The molecule has 1 rings (SSSR count). The van der Waals surface area contributed by atoms with Gasteiger partial charge in [0.2, 0.25) is 0 Å². The second-order valence-corrected chi connectivity index (χ2v) is 3.30. The Balaban J connectivity index is 3.46. The number of hydrogen-bond donors (Lipinski definition) is 1. The first kappa shape index (κ1) is 8.69. The minimum Gasteiger partial charge on any atom is -0.398 e. The number of halogens is 2. The minimum atomic E-state index is 0.623. The topological polar surface area (TPSA) is 26.0 Å². The molecular formula is C8H9Cl2N. The zero-order valence-electron chi connectivity index (χ0n) is 6.41. The average Bonchev–Trinajstić information content (AvgIpc) is 1.97. The van der Waals surface area contributed by atoms with Crippen molar-refractivity contribution in [2.24, 2.45) is 0 Å². The Morgan fingerprint density at radius 1 is 1.18 bits per heavy atom. The van der Waals surface area contributed by atoms with Gasteiger partial charge in [0.1, 0.15) is 0 Å². The van der Waals surface area contributed by atoms with Crippen LogP contribution in [0.15, 0.2) is 6.07 Å². The molecule has 0 amide bonds. The summed E-state index contributed by atoms with van der Waals surface area (Å²) < 4.78 is 0. The maximum Gasteiger partial charge on any atom is 0.0499 e. The molecule has 0 radical (unpaired) electrons. The van der Waals surface area contributed by atoms with Gasteiger partial charge in [-0.05, 0) is 31.0 Å². The first-order valence-electron chi connectivity index (χ1n) is 3.24. The summed E-state index contributed by atoms with van der Waals surface area (Å²) in [4.78, 5) is 0. The van der Waals surface area contributed by atoms with E-state index in [1.54, 1.807) is 6.07 Å². The van der Waals surface area contributed by atoms with Gasteiger partial charge in [-0.25, -0.2) is 0 Å². The smallest absolute Gasteiger partial charge is 0.0499 e. The van der Waals surface area contributed by atoms with Gasteiger partial charge in [0.15, 0.2) is 0 Å². The Labute approximate surface area is 76.1 Å². The van der Waals surface area contributed by atoms with Crippen molar-refractivity contribution in [1.82, 2.24) is 0 Å². The largest absolute Gasteiger partial charge is 0.398 e. The predicted molar refractivity (Wildman–Crippen MR) is 50.3 cm³/mol. The molecule has 0 saturated heterocycles. The van der Waals surface area contributed by atoms with E-state index >= 15 is 0 Å². The van der Waals surface area contributed by atoms with E-state index in [-0.39, 0.29) is 0 Å². The number of rotatable bonds is 0. The van der Waals surface area contributed by atoms with Gasteiger partial charge in [0.05, 0.1) is 0 Å². The fourth-order valence-corrected chi connectivity index (χ4v) is 1.34. The lowest BCUT2D eigenvalue weighted by Crippen LogP contribution is -1.92. The fraction of sp³-hybridized carbons (Fsp3) is 0.250. The van der Waals surface area contributed by atoms with E-state index in [2.05, 4.69) is 0 Å². The average molecular weight is 190 g/mol. The van der Waals surface area contributed by atoms with Gasteiger partial charge in [-0.1, -0.05) is 23.2 Å². The number of nitrogens with two attached hydrogens (primary N) is 1. The lowest BCUT2D eigenvalue weighted by Gasteiger charge is -2.07. The van der Waals surface area contributed by atoms with Gasteiger partial charge in [0.25, 0.3) is 0 Å². The summed E-state index contributed by atoms with van der Waals surface area (Å²) in [7, 11) is 0. The van der Waals surface area contributed by atoms with Crippen LogP contribution in [-0.2, 0) is 0 Å². The van der Waals surface area contributed by atoms with Crippen LogP contribution < -0.4 is 5.73 Å². The number of benzene rings is 1. The Hall–Kier alpha value is -0.400. The highest BCUT2D eigenvalue weighted by Crippen LogP contribution is 2.30. The Kier molecular flexibility index (Phi) is 2.31. The molecule has 0 aromatic heterocycles. The molecule has 11 heavy (non-hydrogen) atoms. The summed E-state index contributed by atoms with van der Waals surface area (Å²) in [6, 6.07) is 1.72. The molecule has 0 atom stereocenters. The van der Waals surface area contributed by atoms with Crippen molar-refractivity contribution in [2.45, 2.75) is 13.8 Å². The molecule has 2 N–H and O–H groups in total. The zero-order chi connectivity index (χ0) is 8.59. The summed E-state index contributed by atoms with van der Waals surface area (Å²) in [5, 5.41) is 1.29. The molecule has 0 fully saturated rings. The molecule has 0 spiro atoms. The second kappa shape index (κ2) is 2.92. The summed E-state index contributed by atoms with van der Waals surface area (Å²) in [5.41, 5.74) is 8.05. The van der Waals surface area contributed by atoms with Crippen LogP contribution >= 0.6 is 23.2 Å². The predicted octanol–water partition coefficient (Wildman–Crippen LogP) is 3.19.